The SMILES string of the molecule is CCCC1CC(O)(c2cnccc2C(F)(F)F)CCO1. The van der Waals surface area contributed by atoms with Gasteiger partial charge in [-0.1, -0.05) is 13.3 Å². The van der Waals surface area contributed by atoms with Crippen LogP contribution in [0.15, 0.2) is 18.5 Å². The molecule has 6 heteroatoms. The minimum atomic E-state index is -4.49. The molecule has 1 aliphatic rings. The van der Waals surface area contributed by atoms with Crippen LogP contribution in [0, 0.1) is 0 Å². The molecule has 2 unspecified atom stereocenters. The summed E-state index contributed by atoms with van der Waals surface area (Å²) in [5, 5.41) is 10.7. The molecular formula is C14H18F3NO2. The Bertz CT molecular complexity index is 462. The Balaban J connectivity index is 2.34. The highest BCUT2D eigenvalue weighted by Gasteiger charge is 2.43. The van der Waals surface area contributed by atoms with Gasteiger partial charge in [0.1, 0.15) is 0 Å². The number of rotatable bonds is 3. The Morgan fingerprint density at radius 3 is 2.90 bits per heavy atom. The Kier molecular flexibility index (Phi) is 4.34. The van der Waals surface area contributed by atoms with Crippen LogP contribution in [0.1, 0.15) is 43.7 Å². The van der Waals surface area contributed by atoms with E-state index in [1.165, 1.54) is 0 Å². The highest BCUT2D eigenvalue weighted by Crippen LogP contribution is 2.42. The number of aliphatic hydroxyl groups is 1. The first kappa shape index (κ1) is 15.3. The van der Waals surface area contributed by atoms with Gasteiger partial charge in [0.2, 0.25) is 0 Å². The first-order valence-electron chi connectivity index (χ1n) is 6.72. The summed E-state index contributed by atoms with van der Waals surface area (Å²) in [4.78, 5) is 3.75. The molecule has 1 N–H and O–H groups in total. The van der Waals surface area contributed by atoms with Crippen molar-refractivity contribution in [1.29, 1.82) is 0 Å². The molecule has 0 spiro atoms. The summed E-state index contributed by atoms with van der Waals surface area (Å²) in [6, 6.07) is 0.914. The van der Waals surface area contributed by atoms with Crippen molar-refractivity contribution in [2.75, 3.05) is 6.61 Å². The summed E-state index contributed by atoms with van der Waals surface area (Å²) in [7, 11) is 0. The van der Waals surface area contributed by atoms with Crippen LogP contribution in [0.4, 0.5) is 13.2 Å². The second kappa shape index (κ2) is 5.69. The molecule has 1 aromatic rings. The van der Waals surface area contributed by atoms with E-state index in [4.69, 9.17) is 4.74 Å². The summed E-state index contributed by atoms with van der Waals surface area (Å²) in [5.41, 5.74) is -2.47. The third kappa shape index (κ3) is 3.12. The Morgan fingerprint density at radius 2 is 2.25 bits per heavy atom. The van der Waals surface area contributed by atoms with Crippen LogP contribution in [0.5, 0.6) is 0 Å². The average molecular weight is 289 g/mol. The molecule has 3 nitrogen and oxygen atoms in total. The van der Waals surface area contributed by atoms with Gasteiger partial charge in [0.25, 0.3) is 0 Å². The van der Waals surface area contributed by atoms with E-state index in [9.17, 15) is 18.3 Å². The van der Waals surface area contributed by atoms with Gasteiger partial charge in [-0.2, -0.15) is 13.2 Å². The normalized spacial score (nSPS) is 27.6. The average Bonchev–Trinajstić information content (AvgIpc) is 2.38. The van der Waals surface area contributed by atoms with Crippen LogP contribution in [0.2, 0.25) is 0 Å². The molecule has 0 saturated carbocycles. The lowest BCUT2D eigenvalue weighted by atomic mass is 9.81. The molecule has 112 valence electrons. The summed E-state index contributed by atoms with van der Waals surface area (Å²) in [6.45, 7) is 2.23. The molecule has 2 atom stereocenters. The first-order valence-corrected chi connectivity index (χ1v) is 6.72. The topological polar surface area (TPSA) is 42.4 Å². The molecule has 1 aromatic heterocycles. The summed E-state index contributed by atoms with van der Waals surface area (Å²) < 4.78 is 44.6. The maximum absolute atomic E-state index is 13.0. The molecule has 2 heterocycles. The van der Waals surface area contributed by atoms with Crippen LogP contribution < -0.4 is 0 Å². The molecule has 2 rings (SSSR count). The fraction of sp³-hybridized carbons (Fsp3) is 0.643. The summed E-state index contributed by atoms with van der Waals surface area (Å²) >= 11 is 0. The molecule has 1 aliphatic heterocycles. The second-order valence-corrected chi connectivity index (χ2v) is 5.19. The van der Waals surface area contributed by atoms with Crippen molar-refractivity contribution in [2.45, 2.75) is 50.5 Å². The molecule has 0 amide bonds. The fourth-order valence-corrected chi connectivity index (χ4v) is 2.70. The van der Waals surface area contributed by atoms with Crippen molar-refractivity contribution in [2.24, 2.45) is 0 Å². The van der Waals surface area contributed by atoms with Crippen molar-refractivity contribution in [3.63, 3.8) is 0 Å². The quantitative estimate of drug-likeness (QED) is 0.928. The Hall–Kier alpha value is -1.14. The molecule has 1 fully saturated rings. The van der Waals surface area contributed by atoms with Crippen molar-refractivity contribution < 1.29 is 23.0 Å². The van der Waals surface area contributed by atoms with E-state index >= 15 is 0 Å². The fourth-order valence-electron chi connectivity index (χ4n) is 2.70. The number of halogens is 3. The predicted molar refractivity (Wildman–Crippen MR) is 67.0 cm³/mol. The maximum Gasteiger partial charge on any atom is 0.416 e. The van der Waals surface area contributed by atoms with E-state index < -0.39 is 17.3 Å². The lowest BCUT2D eigenvalue weighted by molar-refractivity contribution is -0.147. The van der Waals surface area contributed by atoms with Crippen molar-refractivity contribution in [3.8, 4) is 0 Å². The lowest BCUT2D eigenvalue weighted by Crippen LogP contribution is -2.40. The van der Waals surface area contributed by atoms with Crippen LogP contribution in [-0.2, 0) is 16.5 Å². The third-order valence-electron chi connectivity index (χ3n) is 3.67. The minimum absolute atomic E-state index is 0.142. The Morgan fingerprint density at radius 1 is 1.50 bits per heavy atom. The van der Waals surface area contributed by atoms with Gasteiger partial charge in [-0.05, 0) is 12.5 Å². The maximum atomic E-state index is 13.0. The molecule has 20 heavy (non-hydrogen) atoms. The van der Waals surface area contributed by atoms with Gasteiger partial charge in [-0.25, -0.2) is 0 Å². The predicted octanol–water partition coefficient (Wildman–Crippen LogP) is 3.27. The monoisotopic (exact) mass is 289 g/mol. The first-order chi connectivity index (χ1) is 9.37. The van der Waals surface area contributed by atoms with Crippen molar-refractivity contribution in [1.82, 2.24) is 4.98 Å². The van der Waals surface area contributed by atoms with Gasteiger partial charge in [-0.15, -0.1) is 0 Å². The standard InChI is InChI=1S/C14H18F3NO2/c1-2-3-10-8-13(19,5-7-20-10)12-9-18-6-4-11(12)14(15,16)17/h4,6,9-10,19H,2-3,5,7-8H2,1H3. The highest BCUT2D eigenvalue weighted by molar-refractivity contribution is 5.32. The van der Waals surface area contributed by atoms with Crippen LogP contribution in [-0.4, -0.2) is 22.8 Å². The van der Waals surface area contributed by atoms with E-state index in [1.54, 1.807) is 0 Å². The van der Waals surface area contributed by atoms with Gasteiger partial charge < -0.3 is 9.84 Å². The molecule has 0 bridgehead atoms. The van der Waals surface area contributed by atoms with Crippen LogP contribution in [0.3, 0.4) is 0 Å². The second-order valence-electron chi connectivity index (χ2n) is 5.19. The number of ether oxygens (including phenoxy) is 1. The molecule has 1 saturated heterocycles. The van der Waals surface area contributed by atoms with Crippen molar-refractivity contribution >= 4 is 0 Å². The van der Waals surface area contributed by atoms with E-state index in [-0.39, 0.29) is 31.1 Å². The zero-order valence-electron chi connectivity index (χ0n) is 11.3. The van der Waals surface area contributed by atoms with Gasteiger partial charge >= 0.3 is 6.18 Å². The van der Waals surface area contributed by atoms with Crippen molar-refractivity contribution in [3.05, 3.63) is 29.6 Å². The number of hydrogen-bond donors (Lipinski definition) is 1. The van der Waals surface area contributed by atoms with Crippen LogP contribution >= 0.6 is 0 Å². The largest absolute Gasteiger partial charge is 0.416 e. The zero-order valence-corrected chi connectivity index (χ0v) is 11.3. The summed E-state index contributed by atoms with van der Waals surface area (Å²) in [6.07, 6.45) is -0.566. The number of hydrogen-bond acceptors (Lipinski definition) is 3. The number of nitrogens with zero attached hydrogens (tertiary/aromatic N) is 1. The molecular weight excluding hydrogens is 271 g/mol. The van der Waals surface area contributed by atoms with E-state index in [0.717, 1.165) is 31.3 Å². The Labute approximate surface area is 115 Å². The van der Waals surface area contributed by atoms with E-state index in [2.05, 4.69) is 4.98 Å². The highest BCUT2D eigenvalue weighted by atomic mass is 19.4. The van der Waals surface area contributed by atoms with E-state index in [1.807, 2.05) is 6.92 Å². The molecule has 0 aliphatic carbocycles. The number of pyridine rings is 1. The van der Waals surface area contributed by atoms with Crippen LogP contribution in [0.25, 0.3) is 0 Å². The molecule has 0 radical (unpaired) electrons. The van der Waals surface area contributed by atoms with Gasteiger partial charge in [0.05, 0.1) is 23.9 Å². The molecule has 0 aromatic carbocycles. The lowest BCUT2D eigenvalue weighted by Gasteiger charge is -2.38. The zero-order chi connectivity index (χ0) is 14.8. The smallest absolute Gasteiger partial charge is 0.385 e. The van der Waals surface area contributed by atoms with E-state index in [0.29, 0.717) is 0 Å². The number of alkyl halides is 3. The number of aromatic nitrogens is 1. The third-order valence-corrected chi connectivity index (χ3v) is 3.67. The van der Waals surface area contributed by atoms with Gasteiger partial charge in [0.15, 0.2) is 0 Å². The van der Waals surface area contributed by atoms with Gasteiger partial charge in [0, 0.05) is 30.8 Å². The van der Waals surface area contributed by atoms with Gasteiger partial charge in [-0.3, -0.25) is 4.98 Å². The minimum Gasteiger partial charge on any atom is -0.385 e. The summed E-state index contributed by atoms with van der Waals surface area (Å²) in [5.74, 6) is 0.